The third-order valence-corrected chi connectivity index (χ3v) is 5.68. The maximum Gasteiger partial charge on any atom is 0.282 e. The monoisotopic (exact) mass is 414 g/mol. The molecule has 0 atom stereocenters. The number of hydrogen-bond acceptors (Lipinski definition) is 3. The van der Waals surface area contributed by atoms with Crippen LogP contribution in [0.1, 0.15) is 29.2 Å². The highest BCUT2D eigenvalue weighted by Gasteiger charge is 2.40. The molecular formula is C26H23FN2O2. The van der Waals surface area contributed by atoms with Crippen LogP contribution in [0.25, 0.3) is 5.57 Å². The van der Waals surface area contributed by atoms with Crippen molar-refractivity contribution < 1.29 is 14.0 Å². The Morgan fingerprint density at radius 2 is 1.55 bits per heavy atom. The lowest BCUT2D eigenvalue weighted by atomic mass is 10.0. The summed E-state index contributed by atoms with van der Waals surface area (Å²) in [6.07, 6.45) is 0.862. The van der Waals surface area contributed by atoms with E-state index in [2.05, 4.69) is 5.32 Å². The maximum atomic E-state index is 13.5. The number of carbonyl (C=O) groups excluding carboxylic acids is 2. The molecule has 0 aliphatic carbocycles. The van der Waals surface area contributed by atoms with Crippen molar-refractivity contribution in [3.63, 3.8) is 0 Å². The molecule has 1 aliphatic rings. The maximum absolute atomic E-state index is 13.5. The summed E-state index contributed by atoms with van der Waals surface area (Å²) in [4.78, 5) is 28.0. The summed E-state index contributed by atoms with van der Waals surface area (Å²) in [6, 6.07) is 18.7. The normalized spacial score (nSPS) is 13.9. The highest BCUT2D eigenvalue weighted by atomic mass is 19.1. The van der Waals surface area contributed by atoms with Crippen molar-refractivity contribution in [3.05, 3.63) is 100 Å². The number of anilines is 2. The van der Waals surface area contributed by atoms with Gasteiger partial charge in [-0.15, -0.1) is 0 Å². The smallest absolute Gasteiger partial charge is 0.282 e. The number of nitrogens with one attached hydrogen (secondary N) is 1. The average molecular weight is 414 g/mol. The van der Waals surface area contributed by atoms with Crippen LogP contribution in [0.4, 0.5) is 15.8 Å². The zero-order valence-electron chi connectivity index (χ0n) is 17.7. The standard InChI is InChI=1S/C26H23FN2O2/c1-4-18-8-14-21(15-9-18)29-25(30)23(19-10-12-20(27)13-11-19)24(26(29)31)28-22-7-5-6-16(2)17(22)3/h5-15,28H,4H2,1-3H3. The molecule has 0 spiro atoms. The zero-order valence-corrected chi connectivity index (χ0v) is 17.7. The summed E-state index contributed by atoms with van der Waals surface area (Å²) in [5, 5.41) is 3.19. The Bertz CT molecular complexity index is 1200. The number of rotatable bonds is 5. The van der Waals surface area contributed by atoms with Crippen LogP contribution in [0, 0.1) is 19.7 Å². The summed E-state index contributed by atoms with van der Waals surface area (Å²) >= 11 is 0. The minimum Gasteiger partial charge on any atom is -0.350 e. The van der Waals surface area contributed by atoms with Crippen LogP contribution >= 0.6 is 0 Å². The molecule has 0 saturated heterocycles. The van der Waals surface area contributed by atoms with E-state index in [0.717, 1.165) is 28.8 Å². The van der Waals surface area contributed by atoms with Crippen molar-refractivity contribution in [1.82, 2.24) is 0 Å². The second-order valence-corrected chi connectivity index (χ2v) is 7.60. The fourth-order valence-corrected chi connectivity index (χ4v) is 3.67. The van der Waals surface area contributed by atoms with Crippen LogP contribution in [0.5, 0.6) is 0 Å². The van der Waals surface area contributed by atoms with E-state index in [-0.39, 0.29) is 11.3 Å². The van der Waals surface area contributed by atoms with Crippen LogP contribution in [0.3, 0.4) is 0 Å². The summed E-state index contributed by atoms with van der Waals surface area (Å²) in [5.74, 6) is -1.28. The van der Waals surface area contributed by atoms with Crippen LogP contribution < -0.4 is 10.2 Å². The third kappa shape index (κ3) is 3.75. The van der Waals surface area contributed by atoms with Crippen LogP contribution in [-0.4, -0.2) is 11.8 Å². The van der Waals surface area contributed by atoms with Crippen molar-refractivity contribution in [3.8, 4) is 0 Å². The van der Waals surface area contributed by atoms with E-state index >= 15 is 0 Å². The van der Waals surface area contributed by atoms with Crippen molar-refractivity contribution in [2.75, 3.05) is 10.2 Å². The van der Waals surface area contributed by atoms with E-state index in [1.807, 2.05) is 51.1 Å². The number of imide groups is 1. The molecule has 0 fully saturated rings. The first-order valence-electron chi connectivity index (χ1n) is 10.2. The molecule has 156 valence electrons. The minimum absolute atomic E-state index is 0.185. The molecule has 2 amide bonds. The molecule has 3 aromatic rings. The molecular weight excluding hydrogens is 391 g/mol. The topological polar surface area (TPSA) is 49.4 Å². The van der Waals surface area contributed by atoms with Gasteiger partial charge in [-0.05, 0) is 72.9 Å². The Labute approximate surface area is 181 Å². The molecule has 4 rings (SSSR count). The lowest BCUT2D eigenvalue weighted by Gasteiger charge is -2.16. The number of halogens is 1. The number of amides is 2. The summed E-state index contributed by atoms with van der Waals surface area (Å²) in [6.45, 7) is 5.98. The van der Waals surface area contributed by atoms with E-state index in [1.54, 1.807) is 12.1 Å². The van der Waals surface area contributed by atoms with Crippen molar-refractivity contribution in [2.45, 2.75) is 27.2 Å². The van der Waals surface area contributed by atoms with Crippen molar-refractivity contribution in [2.24, 2.45) is 0 Å². The van der Waals surface area contributed by atoms with Gasteiger partial charge in [-0.25, -0.2) is 9.29 Å². The molecule has 0 bridgehead atoms. The van der Waals surface area contributed by atoms with Gasteiger partial charge in [0.1, 0.15) is 11.5 Å². The van der Waals surface area contributed by atoms with E-state index < -0.39 is 17.6 Å². The predicted molar refractivity (Wildman–Crippen MR) is 121 cm³/mol. The molecule has 4 nitrogen and oxygen atoms in total. The molecule has 3 aromatic carbocycles. The molecule has 0 aromatic heterocycles. The molecule has 31 heavy (non-hydrogen) atoms. The SMILES string of the molecule is CCc1ccc(N2C(=O)C(Nc3cccc(C)c3C)=C(c3ccc(F)cc3)C2=O)cc1. The summed E-state index contributed by atoms with van der Waals surface area (Å²) in [7, 11) is 0. The van der Waals surface area contributed by atoms with E-state index in [4.69, 9.17) is 0 Å². The molecule has 1 heterocycles. The highest BCUT2D eigenvalue weighted by Crippen LogP contribution is 2.34. The van der Waals surface area contributed by atoms with E-state index in [9.17, 15) is 14.0 Å². The molecule has 1 N–H and O–H groups in total. The Morgan fingerprint density at radius 3 is 2.19 bits per heavy atom. The highest BCUT2D eigenvalue weighted by molar-refractivity contribution is 6.46. The summed E-state index contributed by atoms with van der Waals surface area (Å²) < 4.78 is 13.5. The first kappa shape index (κ1) is 20.5. The van der Waals surface area contributed by atoms with Gasteiger partial charge in [0.05, 0.1) is 11.3 Å². The third-order valence-electron chi connectivity index (χ3n) is 5.68. The van der Waals surface area contributed by atoms with Crippen LogP contribution in [0.2, 0.25) is 0 Å². The van der Waals surface area contributed by atoms with Crippen LogP contribution in [-0.2, 0) is 16.0 Å². The van der Waals surface area contributed by atoms with Gasteiger partial charge < -0.3 is 5.32 Å². The molecule has 0 unspecified atom stereocenters. The molecule has 0 radical (unpaired) electrons. The molecule has 1 aliphatic heterocycles. The lowest BCUT2D eigenvalue weighted by molar-refractivity contribution is -0.120. The number of carbonyl (C=O) groups is 2. The average Bonchev–Trinajstić information content (AvgIpc) is 3.01. The van der Waals surface area contributed by atoms with Gasteiger partial charge in [0.15, 0.2) is 0 Å². The van der Waals surface area contributed by atoms with Gasteiger partial charge in [0.25, 0.3) is 11.8 Å². The first-order chi connectivity index (χ1) is 14.9. The largest absolute Gasteiger partial charge is 0.350 e. The van der Waals surface area contributed by atoms with Crippen LogP contribution in [0.15, 0.2) is 72.4 Å². The van der Waals surface area contributed by atoms with Gasteiger partial charge in [-0.1, -0.05) is 43.3 Å². The number of aryl methyl sites for hydroxylation is 2. The molecule has 0 saturated carbocycles. The predicted octanol–water partition coefficient (Wildman–Crippen LogP) is 5.40. The number of benzene rings is 3. The Kier molecular flexibility index (Phi) is 5.42. The number of nitrogens with zero attached hydrogens (tertiary/aromatic N) is 1. The minimum atomic E-state index is -0.436. The number of hydrogen-bond donors (Lipinski definition) is 1. The fraction of sp³-hybridized carbons (Fsp3) is 0.154. The van der Waals surface area contributed by atoms with Gasteiger partial charge in [-0.3, -0.25) is 9.59 Å². The van der Waals surface area contributed by atoms with E-state index in [0.29, 0.717) is 11.3 Å². The van der Waals surface area contributed by atoms with Crippen molar-refractivity contribution >= 4 is 28.8 Å². The second kappa shape index (κ2) is 8.19. The van der Waals surface area contributed by atoms with Gasteiger partial charge in [-0.2, -0.15) is 0 Å². The second-order valence-electron chi connectivity index (χ2n) is 7.60. The molecule has 5 heteroatoms. The van der Waals surface area contributed by atoms with Gasteiger partial charge in [0.2, 0.25) is 0 Å². The summed E-state index contributed by atoms with van der Waals surface area (Å²) in [5.41, 5.74) is 5.32. The fourth-order valence-electron chi connectivity index (χ4n) is 3.67. The van der Waals surface area contributed by atoms with Gasteiger partial charge in [0, 0.05) is 5.69 Å². The quantitative estimate of drug-likeness (QED) is 0.569. The Morgan fingerprint density at radius 1 is 0.871 bits per heavy atom. The van der Waals surface area contributed by atoms with E-state index in [1.165, 1.54) is 29.2 Å². The Hall–Kier alpha value is -3.73. The lowest BCUT2D eigenvalue weighted by Crippen LogP contribution is -2.32. The Balaban J connectivity index is 1.82. The first-order valence-corrected chi connectivity index (χ1v) is 10.2. The zero-order chi connectivity index (χ0) is 22.1. The van der Waals surface area contributed by atoms with Crippen molar-refractivity contribution in [1.29, 1.82) is 0 Å². The van der Waals surface area contributed by atoms with Gasteiger partial charge >= 0.3 is 0 Å².